The van der Waals surface area contributed by atoms with E-state index in [0.717, 1.165) is 0 Å². The number of hydrogen-bond donors (Lipinski definition) is 1. The molecule has 0 saturated carbocycles. The fraction of sp³-hybridized carbons (Fsp3) is 0.556. The van der Waals surface area contributed by atoms with E-state index in [0.29, 0.717) is 18.7 Å². The molecule has 1 heterocycles. The molecule has 1 fully saturated rings. The van der Waals surface area contributed by atoms with Gasteiger partial charge in [-0.25, -0.2) is 0 Å². The highest BCUT2D eigenvalue weighted by Gasteiger charge is 2.35. The quantitative estimate of drug-likeness (QED) is 0.913. The highest BCUT2D eigenvalue weighted by Crippen LogP contribution is 2.23. The van der Waals surface area contributed by atoms with Crippen molar-refractivity contribution in [3.05, 3.63) is 35.4 Å². The highest BCUT2D eigenvalue weighted by molar-refractivity contribution is 5.98. The number of nitrogens with zero attached hydrogens (tertiary/aromatic N) is 1. The lowest BCUT2D eigenvalue weighted by Crippen LogP contribution is -2.59. The molecule has 4 heteroatoms. The molecule has 1 aliphatic heterocycles. The van der Waals surface area contributed by atoms with Gasteiger partial charge in [0.15, 0.2) is 0 Å². The summed E-state index contributed by atoms with van der Waals surface area (Å²) in [4.78, 5) is 26.5. The molecule has 0 spiro atoms. The maximum absolute atomic E-state index is 12.8. The van der Waals surface area contributed by atoms with E-state index in [1.165, 1.54) is 5.56 Å². The van der Waals surface area contributed by atoms with E-state index in [1.54, 1.807) is 4.90 Å². The van der Waals surface area contributed by atoms with Crippen LogP contribution in [-0.2, 0) is 10.2 Å². The van der Waals surface area contributed by atoms with Gasteiger partial charge in [0.05, 0.1) is 0 Å². The van der Waals surface area contributed by atoms with Crippen LogP contribution < -0.4 is 5.32 Å². The molecule has 0 bridgehead atoms. The summed E-state index contributed by atoms with van der Waals surface area (Å²) in [5.41, 5.74) is 1.90. The zero-order valence-corrected chi connectivity index (χ0v) is 14.1. The molecule has 0 radical (unpaired) electrons. The Balaban J connectivity index is 2.24. The zero-order chi connectivity index (χ0) is 16.5. The Kier molecular flexibility index (Phi) is 4.59. The van der Waals surface area contributed by atoms with Crippen LogP contribution in [0.4, 0.5) is 0 Å². The molecule has 1 atom stereocenters. The maximum Gasteiger partial charge on any atom is 0.254 e. The summed E-state index contributed by atoms with van der Waals surface area (Å²) in [6, 6.07) is 7.35. The first kappa shape index (κ1) is 16.5. The van der Waals surface area contributed by atoms with Gasteiger partial charge in [0.2, 0.25) is 5.91 Å². The highest BCUT2D eigenvalue weighted by atomic mass is 16.2. The van der Waals surface area contributed by atoms with Crippen molar-refractivity contribution in [3.63, 3.8) is 0 Å². The van der Waals surface area contributed by atoms with E-state index < -0.39 is 0 Å². The SMILES string of the molecule is CC(C)C1C(=O)NCCN1C(=O)c1ccc(C(C)(C)C)cc1. The second kappa shape index (κ2) is 6.11. The molecule has 1 aliphatic rings. The minimum absolute atomic E-state index is 0.0547. The number of piperazine rings is 1. The minimum Gasteiger partial charge on any atom is -0.353 e. The summed E-state index contributed by atoms with van der Waals surface area (Å²) in [5, 5.41) is 2.85. The van der Waals surface area contributed by atoms with Gasteiger partial charge in [-0.3, -0.25) is 9.59 Å². The third kappa shape index (κ3) is 3.32. The standard InChI is InChI=1S/C18H26N2O2/c1-12(2)15-16(21)19-10-11-20(15)17(22)13-6-8-14(9-7-13)18(3,4)5/h6-9,12,15H,10-11H2,1-5H3,(H,19,21). The summed E-state index contributed by atoms with van der Waals surface area (Å²) in [5.74, 6) is -0.0204. The van der Waals surface area contributed by atoms with Crippen molar-refractivity contribution in [3.8, 4) is 0 Å². The van der Waals surface area contributed by atoms with Gasteiger partial charge in [-0.15, -0.1) is 0 Å². The van der Waals surface area contributed by atoms with Crippen LogP contribution in [0.3, 0.4) is 0 Å². The largest absolute Gasteiger partial charge is 0.353 e. The van der Waals surface area contributed by atoms with E-state index >= 15 is 0 Å². The summed E-state index contributed by atoms with van der Waals surface area (Å²) in [6.45, 7) is 11.5. The number of nitrogens with one attached hydrogen (secondary N) is 1. The molecule has 1 N–H and O–H groups in total. The van der Waals surface area contributed by atoms with Gasteiger partial charge in [-0.2, -0.15) is 0 Å². The molecule has 120 valence electrons. The van der Waals surface area contributed by atoms with Crippen LogP contribution >= 0.6 is 0 Å². The van der Waals surface area contributed by atoms with Crippen molar-refractivity contribution < 1.29 is 9.59 Å². The summed E-state index contributed by atoms with van der Waals surface area (Å²) in [7, 11) is 0. The van der Waals surface area contributed by atoms with E-state index in [9.17, 15) is 9.59 Å². The first-order chi connectivity index (χ1) is 10.2. The van der Waals surface area contributed by atoms with Gasteiger partial charge in [0.25, 0.3) is 5.91 Å². The Labute approximate surface area is 132 Å². The zero-order valence-electron chi connectivity index (χ0n) is 14.1. The molecule has 2 amide bonds. The van der Waals surface area contributed by atoms with Crippen molar-refractivity contribution in [1.82, 2.24) is 10.2 Å². The number of benzene rings is 1. The molecule has 1 saturated heterocycles. The van der Waals surface area contributed by atoms with Gasteiger partial charge in [-0.1, -0.05) is 46.8 Å². The molecule has 0 aliphatic carbocycles. The summed E-state index contributed by atoms with van der Waals surface area (Å²) in [6.07, 6.45) is 0. The van der Waals surface area contributed by atoms with Crippen LogP contribution in [0.25, 0.3) is 0 Å². The number of carbonyl (C=O) groups excluding carboxylic acids is 2. The normalized spacial score (nSPS) is 19.3. The van der Waals surface area contributed by atoms with Crippen LogP contribution in [-0.4, -0.2) is 35.8 Å². The molecule has 1 unspecified atom stereocenters. The predicted octanol–water partition coefficient (Wildman–Crippen LogP) is 2.58. The number of amides is 2. The summed E-state index contributed by atoms with van der Waals surface area (Å²) < 4.78 is 0. The van der Waals surface area contributed by atoms with Gasteiger partial charge < -0.3 is 10.2 Å². The van der Waals surface area contributed by atoms with Gasteiger partial charge in [0.1, 0.15) is 6.04 Å². The fourth-order valence-electron chi connectivity index (χ4n) is 2.85. The molecular weight excluding hydrogens is 276 g/mol. The first-order valence-corrected chi connectivity index (χ1v) is 7.91. The lowest BCUT2D eigenvalue weighted by atomic mass is 9.86. The topological polar surface area (TPSA) is 49.4 Å². The molecule has 1 aromatic rings. The summed E-state index contributed by atoms with van der Waals surface area (Å²) >= 11 is 0. The maximum atomic E-state index is 12.8. The Morgan fingerprint density at radius 3 is 2.32 bits per heavy atom. The van der Waals surface area contributed by atoms with Crippen LogP contribution in [0.5, 0.6) is 0 Å². The lowest BCUT2D eigenvalue weighted by molar-refractivity contribution is -0.129. The van der Waals surface area contributed by atoms with Crippen molar-refractivity contribution in [2.75, 3.05) is 13.1 Å². The lowest BCUT2D eigenvalue weighted by Gasteiger charge is -2.37. The number of rotatable bonds is 2. The monoisotopic (exact) mass is 302 g/mol. The molecule has 4 nitrogen and oxygen atoms in total. The number of carbonyl (C=O) groups is 2. The van der Waals surface area contributed by atoms with E-state index in [4.69, 9.17) is 0 Å². The third-order valence-corrected chi connectivity index (χ3v) is 4.15. The second-order valence-electron chi connectivity index (χ2n) is 7.31. The smallest absolute Gasteiger partial charge is 0.254 e. The number of hydrogen-bond acceptors (Lipinski definition) is 2. The van der Waals surface area contributed by atoms with Crippen LogP contribution in [0.15, 0.2) is 24.3 Å². The second-order valence-corrected chi connectivity index (χ2v) is 7.31. The first-order valence-electron chi connectivity index (χ1n) is 7.91. The van der Waals surface area contributed by atoms with Gasteiger partial charge in [-0.05, 0) is 29.0 Å². The molecule has 22 heavy (non-hydrogen) atoms. The van der Waals surface area contributed by atoms with Crippen molar-refractivity contribution in [2.45, 2.75) is 46.1 Å². The van der Waals surface area contributed by atoms with E-state index in [1.807, 2.05) is 38.1 Å². The molecule has 2 rings (SSSR count). The van der Waals surface area contributed by atoms with E-state index in [2.05, 4.69) is 26.1 Å². The third-order valence-electron chi connectivity index (χ3n) is 4.15. The Hall–Kier alpha value is -1.84. The Bertz CT molecular complexity index is 555. The van der Waals surface area contributed by atoms with Crippen LogP contribution in [0.1, 0.15) is 50.5 Å². The van der Waals surface area contributed by atoms with Crippen molar-refractivity contribution in [1.29, 1.82) is 0 Å². The van der Waals surface area contributed by atoms with Crippen LogP contribution in [0.2, 0.25) is 0 Å². The van der Waals surface area contributed by atoms with E-state index in [-0.39, 0.29) is 29.2 Å². The average molecular weight is 302 g/mol. The Morgan fingerprint density at radius 2 is 1.82 bits per heavy atom. The molecular formula is C18H26N2O2. The minimum atomic E-state index is -0.386. The van der Waals surface area contributed by atoms with Gasteiger partial charge in [0, 0.05) is 18.7 Å². The fourth-order valence-corrected chi connectivity index (χ4v) is 2.85. The molecule has 0 aromatic heterocycles. The predicted molar refractivity (Wildman–Crippen MR) is 87.8 cm³/mol. The van der Waals surface area contributed by atoms with Crippen molar-refractivity contribution >= 4 is 11.8 Å². The van der Waals surface area contributed by atoms with Crippen molar-refractivity contribution in [2.24, 2.45) is 5.92 Å². The van der Waals surface area contributed by atoms with Gasteiger partial charge >= 0.3 is 0 Å². The molecule has 1 aromatic carbocycles. The van der Waals surface area contributed by atoms with Crippen LogP contribution in [0, 0.1) is 5.92 Å². The Morgan fingerprint density at radius 1 is 1.23 bits per heavy atom. The average Bonchev–Trinajstić information content (AvgIpc) is 2.45.